The standard InChI is InChI=1S/C9H18N4S/c1-4-5-8-11-12-9(14-8)10-6-7-13(2)3/h4-7H2,1-3H3,(H,10,12). The summed E-state index contributed by atoms with van der Waals surface area (Å²) in [4.78, 5) is 2.14. The first-order valence-corrected chi connectivity index (χ1v) is 5.75. The smallest absolute Gasteiger partial charge is 0.205 e. The fourth-order valence-electron chi connectivity index (χ4n) is 1.03. The molecule has 0 fully saturated rings. The Morgan fingerprint density at radius 3 is 2.79 bits per heavy atom. The summed E-state index contributed by atoms with van der Waals surface area (Å²) < 4.78 is 0. The first-order chi connectivity index (χ1) is 6.72. The minimum absolute atomic E-state index is 0.924. The molecule has 1 N–H and O–H groups in total. The average molecular weight is 214 g/mol. The van der Waals surface area contributed by atoms with Crippen LogP contribution in [0.2, 0.25) is 0 Å². The van der Waals surface area contributed by atoms with Gasteiger partial charge in [-0.3, -0.25) is 0 Å². The zero-order chi connectivity index (χ0) is 10.4. The van der Waals surface area contributed by atoms with Gasteiger partial charge in [0.25, 0.3) is 0 Å². The van der Waals surface area contributed by atoms with Crippen molar-refractivity contribution in [3.8, 4) is 0 Å². The molecule has 0 aliphatic rings. The fourth-order valence-corrected chi connectivity index (χ4v) is 1.89. The molecule has 80 valence electrons. The van der Waals surface area contributed by atoms with E-state index in [1.54, 1.807) is 11.3 Å². The van der Waals surface area contributed by atoms with Gasteiger partial charge in [-0.25, -0.2) is 0 Å². The van der Waals surface area contributed by atoms with Gasteiger partial charge in [0.1, 0.15) is 5.01 Å². The van der Waals surface area contributed by atoms with Crippen LogP contribution in [0.4, 0.5) is 5.13 Å². The topological polar surface area (TPSA) is 41.1 Å². The van der Waals surface area contributed by atoms with E-state index in [4.69, 9.17) is 0 Å². The van der Waals surface area contributed by atoms with Crippen molar-refractivity contribution >= 4 is 16.5 Å². The van der Waals surface area contributed by atoms with Crippen LogP contribution in [0.1, 0.15) is 18.4 Å². The number of nitrogens with zero attached hydrogens (tertiary/aromatic N) is 3. The summed E-state index contributed by atoms with van der Waals surface area (Å²) in [6, 6.07) is 0. The maximum Gasteiger partial charge on any atom is 0.205 e. The van der Waals surface area contributed by atoms with Crippen LogP contribution in [0.15, 0.2) is 0 Å². The molecule has 1 heterocycles. The van der Waals surface area contributed by atoms with Crippen molar-refractivity contribution in [2.45, 2.75) is 19.8 Å². The lowest BCUT2D eigenvalue weighted by Crippen LogP contribution is -2.20. The highest BCUT2D eigenvalue weighted by molar-refractivity contribution is 7.15. The second-order valence-corrected chi connectivity index (χ2v) is 4.54. The number of nitrogens with one attached hydrogen (secondary N) is 1. The van der Waals surface area contributed by atoms with Crippen molar-refractivity contribution in [3.05, 3.63) is 5.01 Å². The molecule has 1 rings (SSSR count). The molecule has 4 nitrogen and oxygen atoms in total. The molecule has 0 bridgehead atoms. The second kappa shape index (κ2) is 5.93. The molecular weight excluding hydrogens is 196 g/mol. The van der Waals surface area contributed by atoms with Crippen molar-refractivity contribution in [1.29, 1.82) is 0 Å². The molecule has 0 saturated carbocycles. The summed E-state index contributed by atoms with van der Waals surface area (Å²) in [5.41, 5.74) is 0. The number of hydrogen-bond donors (Lipinski definition) is 1. The van der Waals surface area contributed by atoms with Crippen LogP contribution >= 0.6 is 11.3 Å². The Labute approximate surface area is 89.3 Å². The fraction of sp³-hybridized carbons (Fsp3) is 0.778. The van der Waals surface area contributed by atoms with Crippen LogP contribution < -0.4 is 5.32 Å². The maximum atomic E-state index is 4.10. The Balaban J connectivity index is 2.28. The monoisotopic (exact) mass is 214 g/mol. The van der Waals surface area contributed by atoms with E-state index in [-0.39, 0.29) is 0 Å². The van der Waals surface area contributed by atoms with E-state index in [1.165, 1.54) is 0 Å². The molecular formula is C9H18N4S. The van der Waals surface area contributed by atoms with Gasteiger partial charge in [0, 0.05) is 19.5 Å². The van der Waals surface area contributed by atoms with E-state index in [0.29, 0.717) is 0 Å². The van der Waals surface area contributed by atoms with Gasteiger partial charge in [-0.2, -0.15) is 0 Å². The third kappa shape index (κ3) is 4.02. The second-order valence-electron chi connectivity index (χ2n) is 3.48. The minimum atomic E-state index is 0.924. The molecule has 0 amide bonds. The molecule has 1 aromatic heterocycles. The van der Waals surface area contributed by atoms with Gasteiger partial charge < -0.3 is 10.2 Å². The predicted octanol–water partition coefficient (Wildman–Crippen LogP) is 1.46. The molecule has 5 heteroatoms. The molecule has 1 aromatic rings. The Kier molecular flexibility index (Phi) is 4.82. The Bertz CT molecular complexity index is 259. The van der Waals surface area contributed by atoms with Gasteiger partial charge in [-0.05, 0) is 20.5 Å². The van der Waals surface area contributed by atoms with Crippen molar-refractivity contribution < 1.29 is 0 Å². The molecule has 0 radical (unpaired) electrons. The zero-order valence-corrected chi connectivity index (χ0v) is 9.89. The highest BCUT2D eigenvalue weighted by Gasteiger charge is 2.01. The van der Waals surface area contributed by atoms with Crippen LogP contribution in [0.5, 0.6) is 0 Å². The summed E-state index contributed by atoms with van der Waals surface area (Å²) in [5.74, 6) is 0. The number of rotatable bonds is 6. The average Bonchev–Trinajstić information content (AvgIpc) is 2.53. The van der Waals surface area contributed by atoms with Crippen LogP contribution in [0, 0.1) is 0 Å². The number of anilines is 1. The van der Waals surface area contributed by atoms with E-state index in [9.17, 15) is 0 Å². The molecule has 0 aliphatic carbocycles. The molecule has 0 aromatic carbocycles. The SMILES string of the molecule is CCCc1nnc(NCCN(C)C)s1. The maximum absolute atomic E-state index is 4.10. The van der Waals surface area contributed by atoms with Crippen LogP contribution in [0.25, 0.3) is 0 Å². The summed E-state index contributed by atoms with van der Waals surface area (Å²) >= 11 is 1.66. The Hall–Kier alpha value is -0.680. The van der Waals surface area contributed by atoms with Gasteiger partial charge in [-0.15, -0.1) is 10.2 Å². The number of aromatic nitrogens is 2. The number of hydrogen-bond acceptors (Lipinski definition) is 5. The van der Waals surface area contributed by atoms with Gasteiger partial charge in [-0.1, -0.05) is 18.3 Å². The van der Waals surface area contributed by atoms with Crippen LogP contribution in [0.3, 0.4) is 0 Å². The summed E-state index contributed by atoms with van der Waals surface area (Å²) in [5, 5.41) is 13.5. The largest absolute Gasteiger partial charge is 0.359 e. The van der Waals surface area contributed by atoms with Crippen LogP contribution in [-0.4, -0.2) is 42.3 Å². The molecule has 0 unspecified atom stereocenters. The normalized spacial score (nSPS) is 10.9. The van der Waals surface area contributed by atoms with E-state index in [1.807, 2.05) is 0 Å². The van der Waals surface area contributed by atoms with Gasteiger partial charge in [0.2, 0.25) is 5.13 Å². The third-order valence-electron chi connectivity index (χ3n) is 1.77. The Morgan fingerprint density at radius 2 is 2.14 bits per heavy atom. The number of likely N-dealkylation sites (N-methyl/N-ethyl adjacent to an activating group) is 1. The molecule has 0 spiro atoms. The first kappa shape index (κ1) is 11.4. The molecule has 0 saturated heterocycles. The van der Waals surface area contributed by atoms with Gasteiger partial charge in [0.05, 0.1) is 0 Å². The quantitative estimate of drug-likeness (QED) is 0.778. The first-order valence-electron chi connectivity index (χ1n) is 4.93. The summed E-state index contributed by atoms with van der Waals surface area (Å²) in [6.45, 7) is 4.09. The van der Waals surface area contributed by atoms with Gasteiger partial charge >= 0.3 is 0 Å². The summed E-state index contributed by atoms with van der Waals surface area (Å²) in [7, 11) is 4.12. The highest BCUT2D eigenvalue weighted by atomic mass is 32.1. The third-order valence-corrected chi connectivity index (χ3v) is 2.71. The lowest BCUT2D eigenvalue weighted by molar-refractivity contribution is 0.425. The van der Waals surface area contributed by atoms with Gasteiger partial charge in [0.15, 0.2) is 0 Å². The summed E-state index contributed by atoms with van der Waals surface area (Å²) in [6.07, 6.45) is 2.17. The minimum Gasteiger partial charge on any atom is -0.359 e. The highest BCUT2D eigenvalue weighted by Crippen LogP contribution is 2.15. The van der Waals surface area contributed by atoms with Crippen molar-refractivity contribution in [2.24, 2.45) is 0 Å². The predicted molar refractivity (Wildman–Crippen MR) is 60.9 cm³/mol. The van der Waals surface area contributed by atoms with E-state index >= 15 is 0 Å². The van der Waals surface area contributed by atoms with Crippen molar-refractivity contribution in [3.63, 3.8) is 0 Å². The lowest BCUT2D eigenvalue weighted by Gasteiger charge is -2.08. The van der Waals surface area contributed by atoms with Crippen molar-refractivity contribution in [2.75, 3.05) is 32.5 Å². The van der Waals surface area contributed by atoms with Crippen molar-refractivity contribution in [1.82, 2.24) is 15.1 Å². The molecule has 0 atom stereocenters. The Morgan fingerprint density at radius 1 is 1.36 bits per heavy atom. The van der Waals surface area contributed by atoms with E-state index < -0.39 is 0 Å². The van der Waals surface area contributed by atoms with E-state index in [2.05, 4.69) is 41.4 Å². The molecule has 0 aliphatic heterocycles. The number of aryl methyl sites for hydroxylation is 1. The lowest BCUT2D eigenvalue weighted by atomic mass is 10.4. The van der Waals surface area contributed by atoms with E-state index in [0.717, 1.165) is 36.1 Å². The molecule has 14 heavy (non-hydrogen) atoms. The zero-order valence-electron chi connectivity index (χ0n) is 9.08. The van der Waals surface area contributed by atoms with Crippen LogP contribution in [-0.2, 0) is 6.42 Å².